The number of ether oxygens (including phenoxy) is 3. The highest BCUT2D eigenvalue weighted by Gasteiger charge is 2.19. The second-order valence-electron chi connectivity index (χ2n) is 7.59. The quantitative estimate of drug-likeness (QED) is 0.582. The lowest BCUT2D eigenvalue weighted by Crippen LogP contribution is -2.28. The van der Waals surface area contributed by atoms with E-state index in [4.69, 9.17) is 14.2 Å². The minimum Gasteiger partial charge on any atom is -0.486 e. The molecular formula is C26H27NO4. The molecule has 1 N–H and O–H groups in total. The van der Waals surface area contributed by atoms with Crippen molar-refractivity contribution >= 4 is 5.91 Å². The molecule has 0 radical (unpaired) electrons. The van der Waals surface area contributed by atoms with E-state index in [2.05, 4.69) is 5.32 Å². The molecule has 31 heavy (non-hydrogen) atoms. The van der Waals surface area contributed by atoms with Gasteiger partial charge in [0.2, 0.25) is 5.91 Å². The van der Waals surface area contributed by atoms with Crippen molar-refractivity contribution in [1.82, 2.24) is 5.32 Å². The zero-order valence-electron chi connectivity index (χ0n) is 17.7. The highest BCUT2D eigenvalue weighted by Crippen LogP contribution is 2.33. The normalized spacial score (nSPS) is 13.5. The molecule has 0 spiro atoms. The summed E-state index contributed by atoms with van der Waals surface area (Å²) in [5, 5.41) is 3.06. The van der Waals surface area contributed by atoms with Crippen LogP contribution in [-0.2, 0) is 29.3 Å². The lowest BCUT2D eigenvalue weighted by atomic mass is 9.99. The van der Waals surface area contributed by atoms with Gasteiger partial charge in [-0.1, -0.05) is 60.7 Å². The third kappa shape index (κ3) is 5.44. The Kier molecular flexibility index (Phi) is 6.85. The van der Waals surface area contributed by atoms with E-state index < -0.39 is 0 Å². The number of amides is 1. The molecule has 3 aromatic rings. The first kappa shape index (κ1) is 20.9. The Balaban J connectivity index is 1.33. The van der Waals surface area contributed by atoms with E-state index in [0.29, 0.717) is 38.7 Å². The number of carbonyl (C=O) groups excluding carboxylic acids is 1. The summed E-state index contributed by atoms with van der Waals surface area (Å²) in [5.41, 5.74) is 4.17. The highest BCUT2D eigenvalue weighted by molar-refractivity contribution is 5.83. The molecule has 0 bridgehead atoms. The van der Waals surface area contributed by atoms with Crippen molar-refractivity contribution in [2.45, 2.75) is 32.6 Å². The Morgan fingerprint density at radius 2 is 1.61 bits per heavy atom. The lowest BCUT2D eigenvalue weighted by Gasteiger charge is -2.20. The van der Waals surface area contributed by atoms with Crippen molar-refractivity contribution in [3.63, 3.8) is 0 Å². The molecule has 4 rings (SSSR count). The van der Waals surface area contributed by atoms with Crippen LogP contribution in [0.15, 0.2) is 72.8 Å². The summed E-state index contributed by atoms with van der Waals surface area (Å²) in [4.78, 5) is 12.8. The minimum absolute atomic E-state index is 0.0308. The van der Waals surface area contributed by atoms with Crippen LogP contribution in [0.5, 0.6) is 11.5 Å². The van der Waals surface area contributed by atoms with Gasteiger partial charge >= 0.3 is 0 Å². The van der Waals surface area contributed by atoms with Crippen LogP contribution in [0.1, 0.15) is 35.1 Å². The van der Waals surface area contributed by atoms with Gasteiger partial charge in [0.15, 0.2) is 11.5 Å². The van der Waals surface area contributed by atoms with E-state index >= 15 is 0 Å². The van der Waals surface area contributed by atoms with E-state index in [1.165, 1.54) is 0 Å². The summed E-state index contributed by atoms with van der Waals surface area (Å²) in [6.07, 6.45) is 0. The third-order valence-electron chi connectivity index (χ3n) is 5.40. The van der Waals surface area contributed by atoms with Gasteiger partial charge < -0.3 is 19.5 Å². The predicted molar refractivity (Wildman–Crippen MR) is 119 cm³/mol. The molecular weight excluding hydrogens is 390 g/mol. The molecule has 3 aromatic carbocycles. The number of rotatable bonds is 8. The topological polar surface area (TPSA) is 56.8 Å². The first-order valence-corrected chi connectivity index (χ1v) is 10.6. The molecule has 1 heterocycles. The van der Waals surface area contributed by atoms with Gasteiger partial charge in [-0.15, -0.1) is 0 Å². The molecule has 0 saturated carbocycles. The molecule has 5 heteroatoms. The van der Waals surface area contributed by atoms with Crippen molar-refractivity contribution in [3.05, 3.63) is 95.1 Å². The van der Waals surface area contributed by atoms with Crippen LogP contribution in [0.25, 0.3) is 0 Å². The van der Waals surface area contributed by atoms with Crippen molar-refractivity contribution in [3.8, 4) is 11.5 Å². The first-order chi connectivity index (χ1) is 15.2. The number of carbonyl (C=O) groups is 1. The lowest BCUT2D eigenvalue weighted by molar-refractivity contribution is -0.122. The number of hydrogen-bond acceptors (Lipinski definition) is 4. The summed E-state index contributed by atoms with van der Waals surface area (Å²) < 4.78 is 17.1. The van der Waals surface area contributed by atoms with Gasteiger partial charge in [0.25, 0.3) is 0 Å². The molecule has 1 atom stereocenters. The van der Waals surface area contributed by atoms with Crippen molar-refractivity contribution in [1.29, 1.82) is 0 Å². The zero-order chi connectivity index (χ0) is 21.5. The molecule has 0 fully saturated rings. The van der Waals surface area contributed by atoms with Crippen LogP contribution in [0.4, 0.5) is 0 Å². The monoisotopic (exact) mass is 417 g/mol. The minimum atomic E-state index is -0.294. The second-order valence-corrected chi connectivity index (χ2v) is 7.59. The number of hydrogen-bond donors (Lipinski definition) is 1. The molecule has 1 aliphatic heterocycles. The fourth-order valence-electron chi connectivity index (χ4n) is 3.54. The van der Waals surface area contributed by atoms with Crippen molar-refractivity contribution < 1.29 is 19.0 Å². The van der Waals surface area contributed by atoms with Gasteiger partial charge in [-0.3, -0.25) is 4.79 Å². The van der Waals surface area contributed by atoms with Gasteiger partial charge in [0, 0.05) is 6.54 Å². The number of benzene rings is 3. The van der Waals surface area contributed by atoms with E-state index in [-0.39, 0.29) is 11.8 Å². The summed E-state index contributed by atoms with van der Waals surface area (Å²) >= 11 is 0. The largest absolute Gasteiger partial charge is 0.486 e. The molecule has 1 unspecified atom stereocenters. The van der Waals surface area contributed by atoms with Crippen LogP contribution >= 0.6 is 0 Å². The maximum absolute atomic E-state index is 12.8. The van der Waals surface area contributed by atoms with E-state index in [1.54, 1.807) is 0 Å². The fourth-order valence-corrected chi connectivity index (χ4v) is 3.54. The Labute approximate surface area is 183 Å². The maximum Gasteiger partial charge on any atom is 0.227 e. The van der Waals surface area contributed by atoms with Crippen LogP contribution in [-0.4, -0.2) is 19.1 Å². The van der Waals surface area contributed by atoms with Gasteiger partial charge in [0.1, 0.15) is 13.2 Å². The molecule has 0 aliphatic carbocycles. The van der Waals surface area contributed by atoms with E-state index in [0.717, 1.165) is 28.0 Å². The predicted octanol–water partition coefficient (Wildman–Crippen LogP) is 4.59. The molecule has 1 amide bonds. The molecule has 160 valence electrons. The fraction of sp³-hybridized carbons (Fsp3) is 0.269. The Bertz CT molecular complexity index is 1020. The first-order valence-electron chi connectivity index (χ1n) is 10.6. The Hall–Kier alpha value is -3.31. The van der Waals surface area contributed by atoms with Gasteiger partial charge in [-0.05, 0) is 41.3 Å². The summed E-state index contributed by atoms with van der Waals surface area (Å²) in [7, 11) is 0. The third-order valence-corrected chi connectivity index (χ3v) is 5.40. The number of nitrogens with one attached hydrogen (secondary N) is 1. The van der Waals surface area contributed by atoms with Crippen LogP contribution in [0.3, 0.4) is 0 Å². The average Bonchev–Trinajstić information content (AvgIpc) is 2.83. The molecule has 0 saturated heterocycles. The van der Waals surface area contributed by atoms with Crippen molar-refractivity contribution in [2.24, 2.45) is 0 Å². The van der Waals surface area contributed by atoms with Crippen LogP contribution < -0.4 is 14.8 Å². The summed E-state index contributed by atoms with van der Waals surface area (Å²) in [6.45, 7) is 4.49. The smallest absolute Gasteiger partial charge is 0.227 e. The summed E-state index contributed by atoms with van der Waals surface area (Å²) in [6, 6.07) is 23.8. The molecule has 1 aliphatic rings. The van der Waals surface area contributed by atoms with E-state index in [1.807, 2.05) is 79.7 Å². The Morgan fingerprint density at radius 3 is 2.42 bits per heavy atom. The van der Waals surface area contributed by atoms with Crippen LogP contribution in [0, 0.1) is 0 Å². The van der Waals surface area contributed by atoms with Gasteiger partial charge in [-0.2, -0.15) is 0 Å². The SMILES string of the molecule is CC(C(=O)NCc1ccccc1COCc1ccccc1)c1ccc2c(c1)OCCO2. The standard InChI is InChI=1S/C26H27NO4/c1-19(21-11-12-24-25(15-21)31-14-13-30-24)26(28)27-16-22-9-5-6-10-23(22)18-29-17-20-7-3-2-4-8-20/h2-12,15,19H,13-14,16-18H2,1H3,(H,27,28). The summed E-state index contributed by atoms with van der Waals surface area (Å²) in [5.74, 6) is 1.10. The highest BCUT2D eigenvalue weighted by atomic mass is 16.6. The zero-order valence-corrected chi connectivity index (χ0v) is 17.7. The molecule has 5 nitrogen and oxygen atoms in total. The van der Waals surface area contributed by atoms with Crippen LogP contribution in [0.2, 0.25) is 0 Å². The van der Waals surface area contributed by atoms with Gasteiger partial charge in [-0.25, -0.2) is 0 Å². The van der Waals surface area contributed by atoms with Gasteiger partial charge in [0.05, 0.1) is 19.1 Å². The number of fused-ring (bicyclic) bond motifs is 1. The molecule has 0 aromatic heterocycles. The van der Waals surface area contributed by atoms with E-state index in [9.17, 15) is 4.79 Å². The van der Waals surface area contributed by atoms with Crippen molar-refractivity contribution in [2.75, 3.05) is 13.2 Å². The maximum atomic E-state index is 12.8. The Morgan fingerprint density at radius 1 is 0.903 bits per heavy atom. The second kappa shape index (κ2) is 10.1. The average molecular weight is 418 g/mol.